The summed E-state index contributed by atoms with van der Waals surface area (Å²) in [4.78, 5) is 27.5. The van der Waals surface area contributed by atoms with Crippen molar-refractivity contribution in [1.82, 2.24) is 4.98 Å². The SMILES string of the molecule is O=C(COC(=O)c1cccnc1)Nc1ccc(Oc2ccccc2)cc1. The molecular weight excluding hydrogens is 332 g/mol. The van der Waals surface area contributed by atoms with Gasteiger partial charge >= 0.3 is 5.97 Å². The number of pyridine rings is 1. The molecule has 6 heteroatoms. The summed E-state index contributed by atoms with van der Waals surface area (Å²) < 4.78 is 10.6. The van der Waals surface area contributed by atoms with E-state index in [0.29, 0.717) is 17.0 Å². The number of hydrogen-bond donors (Lipinski definition) is 1. The molecule has 1 N–H and O–H groups in total. The van der Waals surface area contributed by atoms with Crippen LogP contribution >= 0.6 is 0 Å². The van der Waals surface area contributed by atoms with Crippen molar-refractivity contribution in [2.75, 3.05) is 11.9 Å². The van der Waals surface area contributed by atoms with Gasteiger partial charge in [-0.3, -0.25) is 9.78 Å². The Labute approximate surface area is 150 Å². The molecule has 6 nitrogen and oxygen atoms in total. The molecule has 26 heavy (non-hydrogen) atoms. The average Bonchev–Trinajstić information content (AvgIpc) is 2.69. The number of nitrogens with zero attached hydrogens (tertiary/aromatic N) is 1. The van der Waals surface area contributed by atoms with Gasteiger partial charge in [-0.15, -0.1) is 0 Å². The van der Waals surface area contributed by atoms with E-state index in [2.05, 4.69) is 10.3 Å². The predicted octanol–water partition coefficient (Wildman–Crippen LogP) is 3.67. The van der Waals surface area contributed by atoms with E-state index in [4.69, 9.17) is 9.47 Å². The second-order valence-electron chi connectivity index (χ2n) is 5.31. The third kappa shape index (κ3) is 4.91. The van der Waals surface area contributed by atoms with Gasteiger partial charge in [0.1, 0.15) is 11.5 Å². The highest BCUT2D eigenvalue weighted by Gasteiger charge is 2.10. The molecule has 0 atom stereocenters. The molecule has 130 valence electrons. The molecule has 0 bridgehead atoms. The van der Waals surface area contributed by atoms with Gasteiger partial charge in [0.05, 0.1) is 5.56 Å². The molecule has 0 unspecified atom stereocenters. The molecule has 0 saturated carbocycles. The number of para-hydroxylation sites is 1. The summed E-state index contributed by atoms with van der Waals surface area (Å²) in [7, 11) is 0. The quantitative estimate of drug-likeness (QED) is 0.688. The number of carbonyl (C=O) groups is 2. The maximum Gasteiger partial charge on any atom is 0.340 e. The Morgan fingerprint density at radius 2 is 1.62 bits per heavy atom. The van der Waals surface area contributed by atoms with Gasteiger partial charge in [0.2, 0.25) is 0 Å². The topological polar surface area (TPSA) is 77.5 Å². The van der Waals surface area contributed by atoms with Gasteiger partial charge in [0.15, 0.2) is 6.61 Å². The molecule has 0 aliphatic rings. The highest BCUT2D eigenvalue weighted by atomic mass is 16.5. The van der Waals surface area contributed by atoms with Crippen LogP contribution in [0.2, 0.25) is 0 Å². The van der Waals surface area contributed by atoms with Crippen LogP contribution in [-0.4, -0.2) is 23.5 Å². The summed E-state index contributed by atoms with van der Waals surface area (Å²) in [6, 6.07) is 19.5. The first kappa shape index (κ1) is 17.2. The maximum atomic E-state index is 11.9. The first-order valence-corrected chi connectivity index (χ1v) is 7.91. The fourth-order valence-corrected chi connectivity index (χ4v) is 2.13. The smallest absolute Gasteiger partial charge is 0.340 e. The number of nitrogens with one attached hydrogen (secondary N) is 1. The highest BCUT2D eigenvalue weighted by molar-refractivity contribution is 5.95. The fourth-order valence-electron chi connectivity index (χ4n) is 2.13. The first-order valence-electron chi connectivity index (χ1n) is 7.91. The second-order valence-corrected chi connectivity index (χ2v) is 5.31. The molecule has 3 rings (SSSR count). The van der Waals surface area contributed by atoms with Crippen LogP contribution in [0.3, 0.4) is 0 Å². The predicted molar refractivity (Wildman–Crippen MR) is 96.1 cm³/mol. The van der Waals surface area contributed by atoms with Gasteiger partial charge < -0.3 is 14.8 Å². The van der Waals surface area contributed by atoms with E-state index in [1.807, 2.05) is 30.3 Å². The van der Waals surface area contributed by atoms with Gasteiger partial charge in [-0.1, -0.05) is 18.2 Å². The molecule has 1 aromatic heterocycles. The molecule has 0 spiro atoms. The summed E-state index contributed by atoms with van der Waals surface area (Å²) in [5, 5.41) is 2.65. The molecule has 2 aromatic carbocycles. The largest absolute Gasteiger partial charge is 0.457 e. The van der Waals surface area contributed by atoms with E-state index in [1.165, 1.54) is 6.20 Å². The summed E-state index contributed by atoms with van der Waals surface area (Å²) >= 11 is 0. The van der Waals surface area contributed by atoms with E-state index in [0.717, 1.165) is 5.75 Å². The number of rotatable bonds is 6. The van der Waals surface area contributed by atoms with Gasteiger partial charge in [-0.2, -0.15) is 0 Å². The Morgan fingerprint density at radius 1 is 0.885 bits per heavy atom. The lowest BCUT2D eigenvalue weighted by molar-refractivity contribution is -0.119. The number of amides is 1. The van der Waals surface area contributed by atoms with Gasteiger partial charge in [0.25, 0.3) is 5.91 Å². The van der Waals surface area contributed by atoms with Gasteiger partial charge in [-0.25, -0.2) is 4.79 Å². The number of ether oxygens (including phenoxy) is 2. The summed E-state index contributed by atoms with van der Waals surface area (Å²) in [6.07, 6.45) is 2.93. The Balaban J connectivity index is 1.49. The van der Waals surface area contributed by atoms with Crippen molar-refractivity contribution in [2.24, 2.45) is 0 Å². The van der Waals surface area contributed by atoms with Crippen LogP contribution in [0.25, 0.3) is 0 Å². The number of carbonyl (C=O) groups excluding carboxylic acids is 2. The van der Waals surface area contributed by atoms with Crippen molar-refractivity contribution in [3.63, 3.8) is 0 Å². The van der Waals surface area contributed by atoms with E-state index >= 15 is 0 Å². The molecule has 1 amide bonds. The second kappa shape index (κ2) is 8.43. The van der Waals surface area contributed by atoms with Crippen LogP contribution in [-0.2, 0) is 9.53 Å². The van der Waals surface area contributed by atoms with Crippen molar-refractivity contribution < 1.29 is 19.1 Å². The molecule has 1 heterocycles. The Kier molecular flexibility index (Phi) is 5.57. The minimum atomic E-state index is -0.597. The minimum Gasteiger partial charge on any atom is -0.457 e. The van der Waals surface area contributed by atoms with Crippen LogP contribution in [0.5, 0.6) is 11.5 Å². The van der Waals surface area contributed by atoms with Crippen molar-refractivity contribution in [1.29, 1.82) is 0 Å². The fraction of sp³-hybridized carbons (Fsp3) is 0.0500. The van der Waals surface area contributed by atoms with E-state index in [1.54, 1.807) is 42.6 Å². The summed E-state index contributed by atoms with van der Waals surface area (Å²) in [5.74, 6) is 0.350. The average molecular weight is 348 g/mol. The third-order valence-corrected chi connectivity index (χ3v) is 3.35. The Hall–Kier alpha value is -3.67. The van der Waals surface area contributed by atoms with E-state index < -0.39 is 11.9 Å². The van der Waals surface area contributed by atoms with Gasteiger partial charge in [-0.05, 0) is 48.5 Å². The molecule has 0 aliphatic carbocycles. The zero-order chi connectivity index (χ0) is 18.2. The van der Waals surface area contributed by atoms with Crippen LogP contribution in [0, 0.1) is 0 Å². The van der Waals surface area contributed by atoms with E-state index in [9.17, 15) is 9.59 Å². The van der Waals surface area contributed by atoms with Crippen molar-refractivity contribution in [3.05, 3.63) is 84.7 Å². The lowest BCUT2D eigenvalue weighted by atomic mass is 10.3. The van der Waals surface area contributed by atoms with Gasteiger partial charge in [0, 0.05) is 18.1 Å². The summed E-state index contributed by atoms with van der Waals surface area (Å²) in [5.41, 5.74) is 0.871. The lowest BCUT2D eigenvalue weighted by Crippen LogP contribution is -2.20. The van der Waals surface area contributed by atoms with E-state index in [-0.39, 0.29) is 6.61 Å². The number of benzene rings is 2. The Bertz CT molecular complexity index is 865. The van der Waals surface area contributed by atoms with Crippen LogP contribution < -0.4 is 10.1 Å². The molecule has 0 saturated heterocycles. The monoisotopic (exact) mass is 348 g/mol. The zero-order valence-corrected chi connectivity index (χ0v) is 13.8. The molecule has 0 radical (unpaired) electrons. The molecule has 0 aliphatic heterocycles. The van der Waals surface area contributed by atoms with Crippen LogP contribution in [0.1, 0.15) is 10.4 Å². The van der Waals surface area contributed by atoms with Crippen molar-refractivity contribution >= 4 is 17.6 Å². The first-order chi connectivity index (χ1) is 12.7. The lowest BCUT2D eigenvalue weighted by Gasteiger charge is -2.08. The highest BCUT2D eigenvalue weighted by Crippen LogP contribution is 2.22. The number of esters is 1. The van der Waals surface area contributed by atoms with Crippen LogP contribution in [0.4, 0.5) is 5.69 Å². The minimum absolute atomic E-state index is 0.294. The Morgan fingerprint density at radius 3 is 2.31 bits per heavy atom. The normalized spacial score (nSPS) is 10.0. The molecule has 0 fully saturated rings. The number of hydrogen-bond acceptors (Lipinski definition) is 5. The van der Waals surface area contributed by atoms with Crippen LogP contribution in [0.15, 0.2) is 79.1 Å². The zero-order valence-electron chi connectivity index (χ0n) is 13.8. The summed E-state index contributed by atoms with van der Waals surface area (Å²) in [6.45, 7) is -0.379. The van der Waals surface area contributed by atoms with Crippen molar-refractivity contribution in [2.45, 2.75) is 0 Å². The third-order valence-electron chi connectivity index (χ3n) is 3.35. The molecular formula is C20H16N2O4. The molecule has 3 aromatic rings. The van der Waals surface area contributed by atoms with Crippen molar-refractivity contribution in [3.8, 4) is 11.5 Å². The number of aromatic nitrogens is 1. The maximum absolute atomic E-state index is 11.9. The number of anilines is 1. The standard InChI is InChI=1S/C20H16N2O4/c23-19(14-25-20(24)15-5-4-12-21-13-15)22-16-8-10-18(11-9-16)26-17-6-2-1-3-7-17/h1-13H,14H2,(H,22,23).